The summed E-state index contributed by atoms with van der Waals surface area (Å²) in [6.45, 7) is 0. The molecule has 84 valence electrons. The third-order valence-corrected chi connectivity index (χ3v) is 3.98. The number of carbonyl (C=O) groups is 1. The van der Waals surface area contributed by atoms with E-state index in [1.54, 1.807) is 0 Å². The minimum atomic E-state index is -0.219. The summed E-state index contributed by atoms with van der Waals surface area (Å²) in [5, 5.41) is 0. The van der Waals surface area contributed by atoms with Crippen molar-refractivity contribution in [1.29, 1.82) is 0 Å². The number of fused-ring (bicyclic) bond motifs is 3. The SMILES string of the molecule is O=CC(Br)c1cccc2c1-c1ccccc1C2. The van der Waals surface area contributed by atoms with Crippen molar-refractivity contribution in [3.05, 3.63) is 59.2 Å². The Labute approximate surface area is 109 Å². The molecule has 1 aliphatic rings. The Morgan fingerprint density at radius 1 is 1.06 bits per heavy atom. The normalized spacial score (nSPS) is 13.9. The number of hydrogen-bond donors (Lipinski definition) is 0. The number of rotatable bonds is 2. The molecule has 1 nitrogen and oxygen atoms in total. The quantitative estimate of drug-likeness (QED) is 0.516. The predicted molar refractivity (Wildman–Crippen MR) is 72.4 cm³/mol. The highest BCUT2D eigenvalue weighted by Crippen LogP contribution is 2.41. The summed E-state index contributed by atoms with van der Waals surface area (Å²) >= 11 is 3.42. The van der Waals surface area contributed by atoms with Crippen LogP contribution in [0.15, 0.2) is 42.5 Å². The summed E-state index contributed by atoms with van der Waals surface area (Å²) < 4.78 is 0. The monoisotopic (exact) mass is 286 g/mol. The maximum atomic E-state index is 11.0. The average molecular weight is 287 g/mol. The Morgan fingerprint density at radius 2 is 1.82 bits per heavy atom. The molecule has 0 N–H and O–H groups in total. The molecular formula is C15H11BrO. The van der Waals surface area contributed by atoms with Gasteiger partial charge in [0.2, 0.25) is 0 Å². The van der Waals surface area contributed by atoms with Crippen LogP contribution >= 0.6 is 15.9 Å². The molecule has 1 unspecified atom stereocenters. The van der Waals surface area contributed by atoms with Gasteiger partial charge in [0.05, 0.1) is 4.83 Å². The first kappa shape index (κ1) is 10.7. The minimum Gasteiger partial charge on any atom is -0.302 e. The van der Waals surface area contributed by atoms with Crippen molar-refractivity contribution in [3.8, 4) is 11.1 Å². The molecule has 2 aromatic carbocycles. The zero-order chi connectivity index (χ0) is 11.8. The molecule has 0 bridgehead atoms. The summed E-state index contributed by atoms with van der Waals surface area (Å²) in [4.78, 5) is 10.8. The Bertz CT molecular complexity index is 589. The van der Waals surface area contributed by atoms with E-state index in [4.69, 9.17) is 0 Å². The smallest absolute Gasteiger partial charge is 0.138 e. The molecule has 0 radical (unpaired) electrons. The molecule has 2 heteroatoms. The van der Waals surface area contributed by atoms with Crippen LogP contribution < -0.4 is 0 Å². The highest BCUT2D eigenvalue weighted by Gasteiger charge is 2.23. The molecule has 1 aliphatic carbocycles. The summed E-state index contributed by atoms with van der Waals surface area (Å²) in [6.07, 6.45) is 1.91. The number of alkyl halides is 1. The van der Waals surface area contributed by atoms with Crippen LogP contribution in [0.25, 0.3) is 11.1 Å². The Kier molecular flexibility index (Phi) is 2.60. The molecule has 17 heavy (non-hydrogen) atoms. The van der Waals surface area contributed by atoms with Crippen LogP contribution in [0.3, 0.4) is 0 Å². The zero-order valence-corrected chi connectivity index (χ0v) is 10.8. The fourth-order valence-corrected chi connectivity index (χ4v) is 2.90. The fraction of sp³-hybridized carbons (Fsp3) is 0.133. The van der Waals surface area contributed by atoms with Crippen LogP contribution in [0.4, 0.5) is 0 Å². The Morgan fingerprint density at radius 3 is 2.65 bits per heavy atom. The number of halogens is 1. The standard InChI is InChI=1S/C15H11BrO/c16-14(9-17)13-7-3-5-11-8-10-4-1-2-6-12(10)15(11)13/h1-7,9,14H,8H2. The number of benzene rings is 2. The van der Waals surface area contributed by atoms with E-state index in [1.165, 1.54) is 22.3 Å². The van der Waals surface area contributed by atoms with Gasteiger partial charge in [0.15, 0.2) is 0 Å². The zero-order valence-electron chi connectivity index (χ0n) is 9.19. The van der Waals surface area contributed by atoms with Crippen LogP contribution in [0, 0.1) is 0 Å². The van der Waals surface area contributed by atoms with E-state index < -0.39 is 0 Å². The second-order valence-electron chi connectivity index (χ2n) is 4.25. The third kappa shape index (κ3) is 1.64. The average Bonchev–Trinajstić information content (AvgIpc) is 2.76. The first-order chi connectivity index (χ1) is 8.31. The van der Waals surface area contributed by atoms with Gasteiger partial charge >= 0.3 is 0 Å². The first-order valence-electron chi connectivity index (χ1n) is 5.60. The van der Waals surface area contributed by atoms with Crippen molar-refractivity contribution in [2.75, 3.05) is 0 Å². The van der Waals surface area contributed by atoms with Gasteiger partial charge in [-0.1, -0.05) is 58.4 Å². The van der Waals surface area contributed by atoms with Crippen LogP contribution in [0.5, 0.6) is 0 Å². The lowest BCUT2D eigenvalue weighted by atomic mass is 9.98. The molecule has 0 saturated heterocycles. The van der Waals surface area contributed by atoms with Gasteiger partial charge in [-0.05, 0) is 34.2 Å². The summed E-state index contributed by atoms with van der Waals surface area (Å²) in [6, 6.07) is 14.6. The predicted octanol–water partition coefficient (Wildman–Crippen LogP) is 3.89. The van der Waals surface area contributed by atoms with Gasteiger partial charge in [0.25, 0.3) is 0 Å². The number of aldehydes is 1. The highest BCUT2D eigenvalue weighted by molar-refractivity contribution is 9.09. The third-order valence-electron chi connectivity index (χ3n) is 3.27. The van der Waals surface area contributed by atoms with E-state index in [1.807, 2.05) is 12.1 Å². The molecule has 1 atom stereocenters. The Balaban J connectivity index is 2.26. The van der Waals surface area contributed by atoms with Crippen molar-refractivity contribution < 1.29 is 4.79 Å². The molecule has 0 saturated carbocycles. The highest BCUT2D eigenvalue weighted by atomic mass is 79.9. The second kappa shape index (κ2) is 4.11. The fourth-order valence-electron chi connectivity index (χ4n) is 2.52. The molecule has 0 aromatic heterocycles. The molecular weight excluding hydrogens is 276 g/mol. The van der Waals surface area contributed by atoms with E-state index >= 15 is 0 Å². The van der Waals surface area contributed by atoms with Crippen molar-refractivity contribution >= 4 is 22.2 Å². The lowest BCUT2D eigenvalue weighted by Gasteiger charge is -2.10. The summed E-state index contributed by atoms with van der Waals surface area (Å²) in [5.41, 5.74) is 6.24. The van der Waals surface area contributed by atoms with Crippen molar-refractivity contribution in [2.24, 2.45) is 0 Å². The van der Waals surface area contributed by atoms with E-state index in [2.05, 4.69) is 46.3 Å². The van der Waals surface area contributed by atoms with Gasteiger partial charge in [0, 0.05) is 0 Å². The van der Waals surface area contributed by atoms with Crippen LogP contribution in [-0.4, -0.2) is 6.29 Å². The maximum Gasteiger partial charge on any atom is 0.138 e. The van der Waals surface area contributed by atoms with Gasteiger partial charge in [-0.15, -0.1) is 0 Å². The molecule has 0 fully saturated rings. The van der Waals surface area contributed by atoms with Crippen LogP contribution in [0.1, 0.15) is 21.5 Å². The van der Waals surface area contributed by atoms with Gasteiger partial charge in [-0.25, -0.2) is 0 Å². The summed E-state index contributed by atoms with van der Waals surface area (Å²) in [5.74, 6) is 0. The molecule has 3 rings (SSSR count). The molecule has 0 aliphatic heterocycles. The lowest BCUT2D eigenvalue weighted by molar-refractivity contribution is -0.107. The Hall–Kier alpha value is -1.41. The molecule has 0 heterocycles. The van der Waals surface area contributed by atoms with E-state index in [0.29, 0.717) is 0 Å². The van der Waals surface area contributed by atoms with Gasteiger partial charge in [-0.3, -0.25) is 0 Å². The van der Waals surface area contributed by atoms with E-state index in [0.717, 1.165) is 18.3 Å². The van der Waals surface area contributed by atoms with Crippen molar-refractivity contribution in [2.45, 2.75) is 11.2 Å². The van der Waals surface area contributed by atoms with Gasteiger partial charge in [-0.2, -0.15) is 0 Å². The second-order valence-corrected chi connectivity index (χ2v) is 5.24. The van der Waals surface area contributed by atoms with Crippen LogP contribution in [0.2, 0.25) is 0 Å². The molecule has 0 spiro atoms. The van der Waals surface area contributed by atoms with Crippen LogP contribution in [-0.2, 0) is 11.2 Å². The largest absolute Gasteiger partial charge is 0.302 e. The maximum absolute atomic E-state index is 11.0. The first-order valence-corrected chi connectivity index (χ1v) is 6.52. The van der Waals surface area contributed by atoms with E-state index in [9.17, 15) is 4.79 Å². The van der Waals surface area contributed by atoms with Crippen molar-refractivity contribution in [1.82, 2.24) is 0 Å². The molecule has 0 amide bonds. The van der Waals surface area contributed by atoms with Gasteiger partial charge in [0.1, 0.15) is 6.29 Å². The van der Waals surface area contributed by atoms with Gasteiger partial charge < -0.3 is 4.79 Å². The molecule has 2 aromatic rings. The number of hydrogen-bond acceptors (Lipinski definition) is 1. The lowest BCUT2D eigenvalue weighted by Crippen LogP contribution is -1.95. The van der Waals surface area contributed by atoms with Crippen molar-refractivity contribution in [3.63, 3.8) is 0 Å². The number of carbonyl (C=O) groups excluding carboxylic acids is 1. The van der Waals surface area contributed by atoms with E-state index in [-0.39, 0.29) is 4.83 Å². The summed E-state index contributed by atoms with van der Waals surface area (Å²) in [7, 11) is 0. The minimum absolute atomic E-state index is 0.219. The topological polar surface area (TPSA) is 17.1 Å².